The highest BCUT2D eigenvalue weighted by Crippen LogP contribution is 2.30. The molecule has 1 saturated heterocycles. The Labute approximate surface area is 135 Å². The second kappa shape index (κ2) is 7.05. The molecule has 7 nitrogen and oxygen atoms in total. The summed E-state index contributed by atoms with van der Waals surface area (Å²) in [4.78, 5) is 11.7. The van der Waals surface area contributed by atoms with Crippen molar-refractivity contribution in [1.82, 2.24) is 0 Å². The fourth-order valence-corrected chi connectivity index (χ4v) is 2.56. The van der Waals surface area contributed by atoms with Crippen molar-refractivity contribution in [2.24, 2.45) is 0 Å². The monoisotopic (exact) mass is 370 g/mol. The molecular formula is C13H13F3O7S. The maximum absolute atomic E-state index is 12.2. The van der Waals surface area contributed by atoms with Gasteiger partial charge in [-0.3, -0.25) is 4.18 Å². The van der Waals surface area contributed by atoms with E-state index >= 15 is 0 Å². The zero-order chi connectivity index (χ0) is 18.0. The van der Waals surface area contributed by atoms with E-state index in [0.717, 1.165) is 0 Å². The molecule has 1 aromatic carbocycles. The lowest BCUT2D eigenvalue weighted by atomic mass is 10.2. The van der Waals surface area contributed by atoms with E-state index in [2.05, 4.69) is 4.18 Å². The summed E-state index contributed by atoms with van der Waals surface area (Å²) in [5, 5.41) is 9.45. The topological polar surface area (TPSA) is 99.1 Å². The lowest BCUT2D eigenvalue weighted by molar-refractivity contribution is -0.132. The summed E-state index contributed by atoms with van der Waals surface area (Å²) in [5.41, 5.74) is -5.35. The summed E-state index contributed by atoms with van der Waals surface area (Å²) in [6, 6.07) is 7.90. The van der Waals surface area contributed by atoms with Crippen molar-refractivity contribution in [2.45, 2.75) is 30.4 Å². The van der Waals surface area contributed by atoms with Gasteiger partial charge in [-0.2, -0.15) is 21.6 Å². The number of aliphatic hydroxyl groups excluding tert-OH is 1. The molecule has 0 amide bonds. The predicted molar refractivity (Wildman–Crippen MR) is 72.1 cm³/mol. The largest absolute Gasteiger partial charge is 0.523 e. The molecule has 2 rings (SSSR count). The van der Waals surface area contributed by atoms with Crippen LogP contribution in [0.4, 0.5) is 13.2 Å². The first kappa shape index (κ1) is 18.6. The molecule has 3 atom stereocenters. The van der Waals surface area contributed by atoms with E-state index < -0.39 is 46.5 Å². The first-order chi connectivity index (χ1) is 11.1. The Kier molecular flexibility index (Phi) is 5.48. The molecule has 1 fully saturated rings. The van der Waals surface area contributed by atoms with Crippen molar-refractivity contribution in [1.29, 1.82) is 0 Å². The van der Waals surface area contributed by atoms with Crippen LogP contribution in [0.15, 0.2) is 30.3 Å². The van der Waals surface area contributed by atoms with Gasteiger partial charge in [0.15, 0.2) is 6.29 Å². The third-order valence-electron chi connectivity index (χ3n) is 3.09. The van der Waals surface area contributed by atoms with Crippen LogP contribution in [-0.2, 0) is 23.8 Å². The number of rotatable bonds is 5. The Morgan fingerprint density at radius 3 is 2.50 bits per heavy atom. The molecule has 1 heterocycles. The van der Waals surface area contributed by atoms with Gasteiger partial charge in [-0.05, 0) is 12.1 Å². The van der Waals surface area contributed by atoms with E-state index in [1.165, 1.54) is 12.1 Å². The van der Waals surface area contributed by atoms with E-state index in [9.17, 15) is 31.5 Å². The lowest BCUT2D eigenvalue weighted by Gasteiger charge is -2.14. The van der Waals surface area contributed by atoms with E-state index in [1.807, 2.05) is 0 Å². The van der Waals surface area contributed by atoms with Gasteiger partial charge in [0.25, 0.3) is 0 Å². The van der Waals surface area contributed by atoms with Gasteiger partial charge in [0.05, 0.1) is 11.7 Å². The van der Waals surface area contributed by atoms with Gasteiger partial charge < -0.3 is 14.6 Å². The first-order valence-corrected chi connectivity index (χ1v) is 8.06. The zero-order valence-electron chi connectivity index (χ0n) is 12.0. The van der Waals surface area contributed by atoms with Gasteiger partial charge in [0, 0.05) is 6.42 Å². The van der Waals surface area contributed by atoms with Crippen molar-refractivity contribution in [3.05, 3.63) is 35.9 Å². The molecule has 1 aromatic rings. The normalized spacial score (nSPS) is 24.8. The zero-order valence-corrected chi connectivity index (χ0v) is 12.8. The second-order valence-corrected chi connectivity index (χ2v) is 6.45. The molecule has 1 N–H and O–H groups in total. The molecule has 0 spiro atoms. The van der Waals surface area contributed by atoms with Crippen molar-refractivity contribution >= 4 is 16.1 Å². The minimum Gasteiger partial charge on any atom is -0.459 e. The molecule has 24 heavy (non-hydrogen) atoms. The molecule has 0 bridgehead atoms. The van der Waals surface area contributed by atoms with Crippen molar-refractivity contribution in [3.8, 4) is 0 Å². The van der Waals surface area contributed by atoms with Crippen LogP contribution in [-0.4, -0.2) is 50.1 Å². The smallest absolute Gasteiger partial charge is 0.459 e. The van der Waals surface area contributed by atoms with Crippen LogP contribution in [0, 0.1) is 0 Å². The highest BCUT2D eigenvalue weighted by molar-refractivity contribution is 7.87. The van der Waals surface area contributed by atoms with Gasteiger partial charge in [-0.1, -0.05) is 18.2 Å². The number of alkyl halides is 3. The average Bonchev–Trinajstić information content (AvgIpc) is 2.84. The summed E-state index contributed by atoms with van der Waals surface area (Å²) in [6.45, 7) is -0.378. The SMILES string of the molecule is O=C(OC[C@@H]1CC(OS(=O)(=O)C(F)(F)F)C(O)O1)c1ccccc1. The van der Waals surface area contributed by atoms with Crippen LogP contribution >= 0.6 is 0 Å². The highest BCUT2D eigenvalue weighted by atomic mass is 32.2. The lowest BCUT2D eigenvalue weighted by Crippen LogP contribution is -2.33. The molecule has 0 aromatic heterocycles. The molecule has 0 aliphatic carbocycles. The summed E-state index contributed by atoms with van der Waals surface area (Å²) in [7, 11) is -5.86. The third kappa shape index (κ3) is 4.44. The Bertz CT molecular complexity index is 675. The summed E-state index contributed by atoms with van der Waals surface area (Å²) < 4.78 is 72.2. The first-order valence-electron chi connectivity index (χ1n) is 6.65. The fourth-order valence-electron chi connectivity index (χ4n) is 1.95. The quantitative estimate of drug-likeness (QED) is 0.472. The van der Waals surface area contributed by atoms with Crippen LogP contribution in [0.1, 0.15) is 16.8 Å². The minimum atomic E-state index is -5.86. The maximum atomic E-state index is 12.2. The predicted octanol–water partition coefficient (Wildman–Crippen LogP) is 1.19. The maximum Gasteiger partial charge on any atom is 0.523 e. The molecule has 1 aliphatic heterocycles. The van der Waals surface area contributed by atoms with E-state index in [0.29, 0.717) is 0 Å². The average molecular weight is 370 g/mol. The van der Waals surface area contributed by atoms with Crippen LogP contribution in [0.3, 0.4) is 0 Å². The van der Waals surface area contributed by atoms with E-state index in [-0.39, 0.29) is 12.2 Å². The van der Waals surface area contributed by atoms with E-state index in [1.54, 1.807) is 18.2 Å². The van der Waals surface area contributed by atoms with Crippen LogP contribution in [0.25, 0.3) is 0 Å². The van der Waals surface area contributed by atoms with Crippen molar-refractivity contribution in [2.75, 3.05) is 6.61 Å². The Morgan fingerprint density at radius 2 is 1.92 bits per heavy atom. The van der Waals surface area contributed by atoms with Gasteiger partial charge in [-0.25, -0.2) is 4.79 Å². The molecule has 1 aliphatic rings. The number of esters is 1. The molecule has 2 unspecified atom stereocenters. The van der Waals surface area contributed by atoms with Gasteiger partial charge in [-0.15, -0.1) is 0 Å². The second-order valence-electron chi connectivity index (χ2n) is 4.88. The Balaban J connectivity index is 1.89. The minimum absolute atomic E-state index is 0.253. The number of hydrogen-bond donors (Lipinski definition) is 1. The third-order valence-corrected chi connectivity index (χ3v) is 4.16. The standard InChI is InChI=1S/C13H13F3O7S/c14-13(15,16)24(19,20)23-10-6-9(22-12(10)18)7-21-11(17)8-4-2-1-3-5-8/h1-5,9-10,12,18H,6-7H2/t9-,10?,12?/m0/s1. The van der Waals surface area contributed by atoms with Gasteiger partial charge in [0.2, 0.25) is 0 Å². The number of aliphatic hydroxyl groups is 1. The number of ether oxygens (including phenoxy) is 2. The Morgan fingerprint density at radius 1 is 1.29 bits per heavy atom. The molecule has 0 radical (unpaired) electrons. The number of benzene rings is 1. The summed E-state index contributed by atoms with van der Waals surface area (Å²) in [6.07, 6.45) is -5.01. The Hall–Kier alpha value is -1.69. The van der Waals surface area contributed by atoms with Crippen LogP contribution in [0.2, 0.25) is 0 Å². The number of halogens is 3. The van der Waals surface area contributed by atoms with Crippen molar-refractivity contribution in [3.63, 3.8) is 0 Å². The summed E-state index contributed by atoms with van der Waals surface area (Å²) in [5.74, 6) is -0.694. The number of carbonyl (C=O) groups is 1. The molecular weight excluding hydrogens is 357 g/mol. The highest BCUT2D eigenvalue weighted by Gasteiger charge is 2.51. The summed E-state index contributed by atoms with van der Waals surface area (Å²) >= 11 is 0. The molecule has 11 heteroatoms. The molecule has 134 valence electrons. The van der Waals surface area contributed by atoms with Crippen LogP contribution in [0.5, 0.6) is 0 Å². The van der Waals surface area contributed by atoms with E-state index in [4.69, 9.17) is 9.47 Å². The van der Waals surface area contributed by atoms with Crippen LogP contribution < -0.4 is 0 Å². The number of carbonyl (C=O) groups excluding carboxylic acids is 1. The number of hydrogen-bond acceptors (Lipinski definition) is 7. The van der Waals surface area contributed by atoms with Gasteiger partial charge >= 0.3 is 21.6 Å². The van der Waals surface area contributed by atoms with Gasteiger partial charge in [0.1, 0.15) is 12.7 Å². The van der Waals surface area contributed by atoms with Crippen molar-refractivity contribution < 1.29 is 45.1 Å². The molecule has 0 saturated carbocycles. The fraction of sp³-hybridized carbons (Fsp3) is 0.462.